The highest BCUT2D eigenvalue weighted by Crippen LogP contribution is 2.12. The number of rotatable bonds is 4. The zero-order valence-electron chi connectivity index (χ0n) is 12.7. The molecule has 20 heavy (non-hydrogen) atoms. The second-order valence-electron chi connectivity index (χ2n) is 5.72. The van der Waals surface area contributed by atoms with Crippen molar-refractivity contribution >= 4 is 5.91 Å². The maximum atomic E-state index is 12.4. The summed E-state index contributed by atoms with van der Waals surface area (Å²) < 4.78 is 0. The van der Waals surface area contributed by atoms with E-state index in [4.69, 9.17) is 0 Å². The van der Waals surface area contributed by atoms with Crippen LogP contribution in [0.2, 0.25) is 0 Å². The van der Waals surface area contributed by atoms with Crippen LogP contribution < -0.4 is 5.32 Å². The third-order valence-electron chi connectivity index (χ3n) is 4.09. The van der Waals surface area contributed by atoms with E-state index in [0.29, 0.717) is 6.54 Å². The van der Waals surface area contributed by atoms with Crippen LogP contribution in [-0.2, 0) is 17.8 Å². The molecular formula is C17H26N2O. The summed E-state index contributed by atoms with van der Waals surface area (Å²) >= 11 is 0. The lowest BCUT2D eigenvalue weighted by molar-refractivity contribution is -0.132. The summed E-state index contributed by atoms with van der Waals surface area (Å²) in [5.41, 5.74) is 2.54. The summed E-state index contributed by atoms with van der Waals surface area (Å²) in [7, 11) is 1.91. The molecule has 0 saturated carbocycles. The number of hydrogen-bond acceptors (Lipinski definition) is 2. The van der Waals surface area contributed by atoms with Crippen LogP contribution in [0.3, 0.4) is 0 Å². The third-order valence-corrected chi connectivity index (χ3v) is 4.09. The molecule has 0 radical (unpaired) electrons. The zero-order chi connectivity index (χ0) is 14.4. The standard InChI is InChI=1S/C17H26N2O/c1-3-14-8-10-15(11-9-14)13-19(2)17(20)16-7-5-4-6-12-18-16/h8-11,16,18H,3-7,12-13H2,1-2H3. The largest absolute Gasteiger partial charge is 0.340 e. The zero-order valence-corrected chi connectivity index (χ0v) is 12.7. The van der Waals surface area contributed by atoms with Gasteiger partial charge in [-0.25, -0.2) is 0 Å². The lowest BCUT2D eigenvalue weighted by atomic mass is 10.1. The Kier molecular flexibility index (Phi) is 5.60. The maximum Gasteiger partial charge on any atom is 0.239 e. The van der Waals surface area contributed by atoms with Gasteiger partial charge in [-0.3, -0.25) is 4.79 Å². The minimum Gasteiger partial charge on any atom is -0.340 e. The highest BCUT2D eigenvalue weighted by Gasteiger charge is 2.22. The van der Waals surface area contributed by atoms with Gasteiger partial charge < -0.3 is 10.2 Å². The molecule has 1 aromatic rings. The van der Waals surface area contributed by atoms with Gasteiger partial charge in [-0.15, -0.1) is 0 Å². The van der Waals surface area contributed by atoms with Crippen molar-refractivity contribution < 1.29 is 4.79 Å². The molecule has 1 aliphatic heterocycles. The van der Waals surface area contributed by atoms with Crippen molar-refractivity contribution in [3.8, 4) is 0 Å². The second-order valence-corrected chi connectivity index (χ2v) is 5.72. The molecule has 1 heterocycles. The lowest BCUT2D eigenvalue weighted by Crippen LogP contribution is -2.44. The monoisotopic (exact) mass is 274 g/mol. The van der Waals surface area contributed by atoms with E-state index >= 15 is 0 Å². The number of carbonyl (C=O) groups excluding carboxylic acids is 1. The normalized spacial score (nSPS) is 19.4. The minimum absolute atomic E-state index is 0.0115. The quantitative estimate of drug-likeness (QED) is 0.915. The van der Waals surface area contributed by atoms with Crippen LogP contribution in [0, 0.1) is 0 Å². The van der Waals surface area contributed by atoms with Crippen LogP contribution in [0.25, 0.3) is 0 Å². The molecule has 1 saturated heterocycles. The van der Waals surface area contributed by atoms with Crippen molar-refractivity contribution in [3.63, 3.8) is 0 Å². The van der Waals surface area contributed by atoms with Gasteiger partial charge in [0.1, 0.15) is 0 Å². The molecule has 0 aromatic heterocycles. The van der Waals surface area contributed by atoms with Crippen molar-refractivity contribution in [1.29, 1.82) is 0 Å². The van der Waals surface area contributed by atoms with Gasteiger partial charge in [0, 0.05) is 13.6 Å². The number of carbonyl (C=O) groups is 1. The van der Waals surface area contributed by atoms with Gasteiger partial charge >= 0.3 is 0 Å². The van der Waals surface area contributed by atoms with Gasteiger partial charge in [-0.05, 0) is 36.9 Å². The summed E-state index contributed by atoms with van der Waals surface area (Å²) in [6, 6.07) is 8.57. The first kappa shape index (κ1) is 15.0. The van der Waals surface area contributed by atoms with E-state index < -0.39 is 0 Å². The van der Waals surface area contributed by atoms with Crippen LogP contribution in [0.5, 0.6) is 0 Å². The summed E-state index contributed by atoms with van der Waals surface area (Å²) in [6.45, 7) is 3.82. The van der Waals surface area contributed by atoms with Crippen molar-refractivity contribution in [1.82, 2.24) is 10.2 Å². The predicted octanol–water partition coefficient (Wildman–Crippen LogP) is 2.74. The molecule has 3 nitrogen and oxygen atoms in total. The number of nitrogens with zero attached hydrogens (tertiary/aromatic N) is 1. The first-order valence-electron chi connectivity index (χ1n) is 7.77. The Morgan fingerprint density at radius 3 is 2.60 bits per heavy atom. The molecule has 0 spiro atoms. The summed E-state index contributed by atoms with van der Waals surface area (Å²) in [4.78, 5) is 14.3. The average molecular weight is 274 g/mol. The molecule has 1 unspecified atom stereocenters. The first-order valence-corrected chi connectivity index (χ1v) is 7.77. The van der Waals surface area contributed by atoms with Gasteiger partial charge in [0.25, 0.3) is 0 Å². The Morgan fingerprint density at radius 2 is 1.90 bits per heavy atom. The van der Waals surface area contributed by atoms with Gasteiger partial charge in [0.05, 0.1) is 6.04 Å². The SMILES string of the molecule is CCc1ccc(CN(C)C(=O)C2CCCCCN2)cc1. The molecule has 1 atom stereocenters. The highest BCUT2D eigenvalue weighted by molar-refractivity contribution is 5.81. The Labute approximate surface area is 122 Å². The van der Waals surface area contributed by atoms with E-state index in [1.54, 1.807) is 0 Å². The lowest BCUT2D eigenvalue weighted by Gasteiger charge is -2.23. The third kappa shape index (κ3) is 4.07. The van der Waals surface area contributed by atoms with Crippen LogP contribution in [0.15, 0.2) is 24.3 Å². The number of nitrogens with one attached hydrogen (secondary N) is 1. The molecule has 110 valence electrons. The van der Waals surface area contributed by atoms with E-state index in [1.807, 2.05) is 11.9 Å². The Hall–Kier alpha value is -1.35. The summed E-state index contributed by atoms with van der Waals surface area (Å²) in [5, 5.41) is 3.38. The maximum absolute atomic E-state index is 12.4. The van der Waals surface area contributed by atoms with E-state index in [2.05, 4.69) is 36.5 Å². The summed E-state index contributed by atoms with van der Waals surface area (Å²) in [5.74, 6) is 0.228. The second kappa shape index (κ2) is 7.44. The number of hydrogen-bond donors (Lipinski definition) is 1. The smallest absolute Gasteiger partial charge is 0.239 e. The van der Waals surface area contributed by atoms with Gasteiger partial charge in [0.2, 0.25) is 5.91 Å². The molecule has 1 aromatic carbocycles. The van der Waals surface area contributed by atoms with Crippen molar-refractivity contribution in [2.24, 2.45) is 0 Å². The van der Waals surface area contributed by atoms with Gasteiger partial charge in [-0.1, -0.05) is 44.0 Å². The minimum atomic E-state index is 0.0115. The fourth-order valence-corrected chi connectivity index (χ4v) is 2.74. The molecule has 0 bridgehead atoms. The highest BCUT2D eigenvalue weighted by atomic mass is 16.2. The Bertz CT molecular complexity index is 419. The molecule has 1 amide bonds. The van der Waals surface area contributed by atoms with Crippen LogP contribution in [0.4, 0.5) is 0 Å². The van der Waals surface area contributed by atoms with E-state index in [9.17, 15) is 4.79 Å². The van der Waals surface area contributed by atoms with Gasteiger partial charge in [-0.2, -0.15) is 0 Å². The van der Waals surface area contributed by atoms with Gasteiger partial charge in [0.15, 0.2) is 0 Å². The van der Waals surface area contributed by atoms with Crippen molar-refractivity contribution in [2.45, 2.75) is 51.6 Å². The number of aryl methyl sites for hydroxylation is 1. The van der Waals surface area contributed by atoms with E-state index in [0.717, 1.165) is 25.8 Å². The van der Waals surface area contributed by atoms with Crippen LogP contribution >= 0.6 is 0 Å². The number of benzene rings is 1. The molecule has 0 aliphatic carbocycles. The molecule has 1 aliphatic rings. The van der Waals surface area contributed by atoms with Crippen LogP contribution in [-0.4, -0.2) is 30.4 Å². The Balaban J connectivity index is 1.92. The average Bonchev–Trinajstić information content (AvgIpc) is 2.76. The van der Waals surface area contributed by atoms with Crippen LogP contribution in [0.1, 0.15) is 43.7 Å². The number of likely N-dealkylation sites (N-methyl/N-ethyl adjacent to an activating group) is 1. The molecule has 2 rings (SSSR count). The number of amides is 1. The molecule has 3 heteroatoms. The van der Waals surface area contributed by atoms with Crippen molar-refractivity contribution in [2.75, 3.05) is 13.6 Å². The topological polar surface area (TPSA) is 32.3 Å². The van der Waals surface area contributed by atoms with E-state index in [-0.39, 0.29) is 11.9 Å². The predicted molar refractivity (Wildman–Crippen MR) is 82.6 cm³/mol. The molecule has 1 fully saturated rings. The molecule has 1 N–H and O–H groups in total. The fourth-order valence-electron chi connectivity index (χ4n) is 2.74. The fraction of sp³-hybridized carbons (Fsp3) is 0.588. The van der Waals surface area contributed by atoms with Crippen molar-refractivity contribution in [3.05, 3.63) is 35.4 Å². The van der Waals surface area contributed by atoms with E-state index in [1.165, 1.54) is 24.0 Å². The summed E-state index contributed by atoms with van der Waals surface area (Å²) in [6.07, 6.45) is 5.60. The molecular weight excluding hydrogens is 248 g/mol. The first-order chi connectivity index (χ1) is 9.70. The Morgan fingerprint density at radius 1 is 1.20 bits per heavy atom.